The third kappa shape index (κ3) is 2.66. The van der Waals surface area contributed by atoms with Gasteiger partial charge in [-0.2, -0.15) is 0 Å². The molecular formula is C7H13O3P. The molecule has 0 aromatic heterocycles. The van der Waals surface area contributed by atoms with E-state index >= 15 is 0 Å². The van der Waals surface area contributed by atoms with Gasteiger partial charge >= 0.3 is 5.97 Å². The zero-order chi connectivity index (χ0) is 8.48. The molecule has 0 unspecified atom stereocenters. The summed E-state index contributed by atoms with van der Waals surface area (Å²) in [6.45, 7) is 3.16. The summed E-state index contributed by atoms with van der Waals surface area (Å²) in [5, 5.41) is 0. The minimum Gasteiger partial charge on any atom is -0.462 e. The number of ether oxygens (including phenoxy) is 1. The van der Waals surface area contributed by atoms with Gasteiger partial charge in [-0.15, -0.1) is 0 Å². The third-order valence-electron chi connectivity index (χ3n) is 1.85. The number of hydrogen-bond donors (Lipinski definition) is 0. The Morgan fingerprint density at radius 3 is 2.64 bits per heavy atom. The van der Waals surface area contributed by atoms with Crippen LogP contribution in [-0.2, 0) is 14.1 Å². The lowest BCUT2D eigenvalue weighted by atomic mass is 10.3. The van der Waals surface area contributed by atoms with E-state index in [1.807, 2.05) is 0 Å². The molecule has 0 radical (unpaired) electrons. The molecule has 4 heteroatoms. The van der Waals surface area contributed by atoms with Crippen LogP contribution in [-0.4, -0.2) is 31.1 Å². The first kappa shape index (κ1) is 8.79. The van der Waals surface area contributed by atoms with Crippen molar-refractivity contribution >= 4 is 13.1 Å². The molecule has 1 heterocycles. The maximum absolute atomic E-state index is 11.4. The van der Waals surface area contributed by atoms with Gasteiger partial charge in [-0.3, -0.25) is 4.79 Å². The molecule has 0 bridgehead atoms. The van der Waals surface area contributed by atoms with Gasteiger partial charge < -0.3 is 9.30 Å². The van der Waals surface area contributed by atoms with Crippen molar-refractivity contribution < 1.29 is 14.1 Å². The van der Waals surface area contributed by atoms with Crippen LogP contribution in [0.5, 0.6) is 0 Å². The predicted octanol–water partition coefficient (Wildman–Crippen LogP) is 1.31. The minimum atomic E-state index is -1.93. The number of esters is 1. The zero-order valence-electron chi connectivity index (χ0n) is 6.87. The number of hydrogen-bond acceptors (Lipinski definition) is 3. The van der Waals surface area contributed by atoms with Gasteiger partial charge in [0, 0.05) is 19.2 Å². The molecule has 1 aliphatic heterocycles. The van der Waals surface area contributed by atoms with Gasteiger partial charge in [0.15, 0.2) is 0 Å². The molecular weight excluding hydrogens is 163 g/mol. The first-order chi connectivity index (χ1) is 4.99. The summed E-state index contributed by atoms with van der Waals surface area (Å²) >= 11 is 0. The molecule has 11 heavy (non-hydrogen) atoms. The second-order valence-corrected chi connectivity index (χ2v) is 6.63. The predicted molar refractivity (Wildman–Crippen MR) is 43.4 cm³/mol. The zero-order valence-corrected chi connectivity index (χ0v) is 7.77. The summed E-state index contributed by atoms with van der Waals surface area (Å²) < 4.78 is 16.4. The Labute approximate surface area is 66.5 Å². The molecule has 0 aromatic rings. The normalized spacial score (nSPS) is 37.1. The SMILES string of the molecule is CC(=O)O[C@@H]1CC[P@@](C)(=O)C1. The Hall–Kier alpha value is -0.300. The maximum atomic E-state index is 11.4. The third-order valence-corrected chi connectivity index (χ3v) is 4.23. The van der Waals surface area contributed by atoms with E-state index in [9.17, 15) is 9.36 Å². The number of carbonyl (C=O) groups is 1. The quantitative estimate of drug-likeness (QED) is 0.447. The van der Waals surface area contributed by atoms with Crippen LogP contribution in [0.15, 0.2) is 0 Å². The van der Waals surface area contributed by atoms with E-state index in [1.165, 1.54) is 6.92 Å². The highest BCUT2D eigenvalue weighted by Gasteiger charge is 2.31. The van der Waals surface area contributed by atoms with Gasteiger partial charge in [0.25, 0.3) is 0 Å². The molecule has 0 aromatic carbocycles. The van der Waals surface area contributed by atoms with E-state index in [2.05, 4.69) is 0 Å². The fourth-order valence-corrected chi connectivity index (χ4v) is 3.50. The topological polar surface area (TPSA) is 43.4 Å². The highest BCUT2D eigenvalue weighted by Crippen LogP contribution is 2.48. The van der Waals surface area contributed by atoms with E-state index in [4.69, 9.17) is 4.74 Å². The van der Waals surface area contributed by atoms with Crippen LogP contribution in [0.4, 0.5) is 0 Å². The smallest absolute Gasteiger partial charge is 0.302 e. The van der Waals surface area contributed by atoms with Crippen molar-refractivity contribution in [3.63, 3.8) is 0 Å². The lowest BCUT2D eigenvalue weighted by molar-refractivity contribution is -0.145. The van der Waals surface area contributed by atoms with Crippen molar-refractivity contribution in [3.8, 4) is 0 Å². The molecule has 0 aliphatic carbocycles. The van der Waals surface area contributed by atoms with E-state index in [-0.39, 0.29) is 12.1 Å². The molecule has 1 saturated heterocycles. The summed E-state index contributed by atoms with van der Waals surface area (Å²) in [5.41, 5.74) is 0. The summed E-state index contributed by atoms with van der Waals surface area (Å²) in [4.78, 5) is 10.5. The molecule has 0 N–H and O–H groups in total. The van der Waals surface area contributed by atoms with Gasteiger partial charge in [0.05, 0.1) is 7.14 Å². The van der Waals surface area contributed by atoms with Crippen LogP contribution in [0, 0.1) is 0 Å². The van der Waals surface area contributed by atoms with E-state index in [0.717, 1.165) is 12.6 Å². The minimum absolute atomic E-state index is 0.0802. The average molecular weight is 176 g/mol. The lowest BCUT2D eigenvalue weighted by Gasteiger charge is -2.08. The first-order valence-corrected chi connectivity index (χ1v) is 6.25. The molecule has 3 nitrogen and oxygen atoms in total. The van der Waals surface area contributed by atoms with Crippen LogP contribution in [0.2, 0.25) is 0 Å². The number of carbonyl (C=O) groups excluding carboxylic acids is 1. The van der Waals surface area contributed by atoms with Crippen LogP contribution >= 0.6 is 7.14 Å². The number of rotatable bonds is 1. The lowest BCUT2D eigenvalue weighted by Crippen LogP contribution is -2.14. The standard InChI is InChI=1S/C7H13O3P/c1-6(8)10-7-3-4-11(2,9)5-7/h7H,3-5H2,1-2H3/t7-,11-/m1/s1. The summed E-state index contributed by atoms with van der Waals surface area (Å²) in [6, 6.07) is 0. The molecule has 0 spiro atoms. The summed E-state index contributed by atoms with van der Waals surface area (Å²) in [5.74, 6) is -0.267. The molecule has 0 saturated carbocycles. The van der Waals surface area contributed by atoms with Crippen LogP contribution in [0.1, 0.15) is 13.3 Å². The monoisotopic (exact) mass is 176 g/mol. The van der Waals surface area contributed by atoms with Gasteiger partial charge in [0.1, 0.15) is 6.10 Å². The van der Waals surface area contributed by atoms with Crippen molar-refractivity contribution in [2.24, 2.45) is 0 Å². The Morgan fingerprint density at radius 1 is 1.64 bits per heavy atom. The van der Waals surface area contributed by atoms with E-state index in [0.29, 0.717) is 6.16 Å². The van der Waals surface area contributed by atoms with Crippen LogP contribution in [0.25, 0.3) is 0 Å². The Bertz CT molecular complexity index is 212. The fraction of sp³-hybridized carbons (Fsp3) is 0.857. The summed E-state index contributed by atoms with van der Waals surface area (Å²) in [7, 11) is -1.93. The van der Waals surface area contributed by atoms with Gasteiger partial charge in [0.2, 0.25) is 0 Å². The molecule has 1 rings (SSSR count). The van der Waals surface area contributed by atoms with Crippen LogP contribution in [0.3, 0.4) is 0 Å². The largest absolute Gasteiger partial charge is 0.462 e. The maximum Gasteiger partial charge on any atom is 0.302 e. The van der Waals surface area contributed by atoms with Gasteiger partial charge in [-0.25, -0.2) is 0 Å². The molecule has 0 amide bonds. The Kier molecular flexibility index (Phi) is 2.38. The van der Waals surface area contributed by atoms with Crippen molar-refractivity contribution in [3.05, 3.63) is 0 Å². The Balaban J connectivity index is 2.43. The van der Waals surface area contributed by atoms with Crippen molar-refractivity contribution in [2.75, 3.05) is 19.0 Å². The van der Waals surface area contributed by atoms with Crippen LogP contribution < -0.4 is 0 Å². The molecule has 1 aliphatic rings. The second kappa shape index (κ2) is 2.98. The van der Waals surface area contributed by atoms with E-state index < -0.39 is 7.14 Å². The highest BCUT2D eigenvalue weighted by molar-refractivity contribution is 7.63. The molecule has 1 fully saturated rings. The van der Waals surface area contributed by atoms with Crippen molar-refractivity contribution in [1.82, 2.24) is 0 Å². The average Bonchev–Trinajstić information content (AvgIpc) is 2.08. The highest BCUT2D eigenvalue weighted by atomic mass is 31.2. The second-order valence-electron chi connectivity index (χ2n) is 3.22. The van der Waals surface area contributed by atoms with Crippen molar-refractivity contribution in [2.45, 2.75) is 19.4 Å². The molecule has 2 atom stereocenters. The van der Waals surface area contributed by atoms with Gasteiger partial charge in [-0.05, 0) is 13.1 Å². The van der Waals surface area contributed by atoms with Gasteiger partial charge in [-0.1, -0.05) is 0 Å². The Morgan fingerprint density at radius 2 is 2.27 bits per heavy atom. The van der Waals surface area contributed by atoms with E-state index in [1.54, 1.807) is 6.66 Å². The molecule has 64 valence electrons. The fourth-order valence-electron chi connectivity index (χ4n) is 1.36. The van der Waals surface area contributed by atoms with Crippen molar-refractivity contribution in [1.29, 1.82) is 0 Å². The summed E-state index contributed by atoms with van der Waals surface area (Å²) in [6.07, 6.45) is 1.99. The first-order valence-electron chi connectivity index (χ1n) is 3.72.